The summed E-state index contributed by atoms with van der Waals surface area (Å²) in [6.45, 7) is 6.18. The number of rotatable bonds is 4. The molecule has 5 nitrogen and oxygen atoms in total. The Morgan fingerprint density at radius 3 is 2.95 bits per heavy atom. The summed E-state index contributed by atoms with van der Waals surface area (Å²) in [6, 6.07) is 0.501. The van der Waals surface area contributed by atoms with Crippen LogP contribution in [0.1, 0.15) is 39.5 Å². The molecule has 1 aromatic heterocycles. The first-order chi connectivity index (χ1) is 9.27. The summed E-state index contributed by atoms with van der Waals surface area (Å²) < 4.78 is 5.54. The van der Waals surface area contributed by atoms with Crippen LogP contribution in [-0.2, 0) is 0 Å². The Hall–Kier alpha value is -1.52. The molecule has 0 amide bonds. The van der Waals surface area contributed by atoms with E-state index in [4.69, 9.17) is 4.74 Å². The lowest BCUT2D eigenvalue weighted by Crippen LogP contribution is -2.33. The number of ether oxygens (including phenoxy) is 1. The molecule has 5 heteroatoms. The van der Waals surface area contributed by atoms with Gasteiger partial charge in [0.05, 0.1) is 7.11 Å². The highest BCUT2D eigenvalue weighted by molar-refractivity contribution is 5.65. The van der Waals surface area contributed by atoms with Crippen LogP contribution in [0.5, 0.6) is 5.75 Å². The minimum absolute atomic E-state index is 0.501. The lowest BCUT2D eigenvalue weighted by molar-refractivity contribution is 0.410. The Morgan fingerprint density at radius 1 is 1.37 bits per heavy atom. The van der Waals surface area contributed by atoms with E-state index in [0.717, 1.165) is 30.5 Å². The van der Waals surface area contributed by atoms with Crippen molar-refractivity contribution in [3.63, 3.8) is 0 Å². The van der Waals surface area contributed by atoms with Crippen molar-refractivity contribution in [3.8, 4) is 5.75 Å². The van der Waals surface area contributed by atoms with Crippen LogP contribution in [0.3, 0.4) is 0 Å². The third kappa shape index (κ3) is 3.08. The van der Waals surface area contributed by atoms with Crippen molar-refractivity contribution in [2.24, 2.45) is 0 Å². The number of anilines is 2. The molecule has 2 heterocycles. The summed E-state index contributed by atoms with van der Waals surface area (Å²) >= 11 is 0. The summed E-state index contributed by atoms with van der Waals surface area (Å²) in [5, 5.41) is 3.23. The highest BCUT2D eigenvalue weighted by atomic mass is 16.5. The summed E-state index contributed by atoms with van der Waals surface area (Å²) in [7, 11) is 1.69. The summed E-state index contributed by atoms with van der Waals surface area (Å²) in [4.78, 5) is 11.1. The van der Waals surface area contributed by atoms with E-state index in [9.17, 15) is 0 Å². The third-order valence-electron chi connectivity index (χ3n) is 3.66. The SMILES string of the molecule is CCNc1ncnc(N2CCCCCC2C)c1OC. The highest BCUT2D eigenvalue weighted by Gasteiger charge is 2.23. The molecule has 1 N–H and O–H groups in total. The molecule has 0 aromatic carbocycles. The predicted octanol–water partition coefficient (Wildman–Crippen LogP) is 2.69. The Bertz CT molecular complexity index is 410. The van der Waals surface area contributed by atoms with Gasteiger partial charge in [0, 0.05) is 19.1 Å². The van der Waals surface area contributed by atoms with Gasteiger partial charge in [-0.25, -0.2) is 9.97 Å². The maximum atomic E-state index is 5.54. The fraction of sp³-hybridized carbons (Fsp3) is 0.714. The van der Waals surface area contributed by atoms with Gasteiger partial charge in [0.25, 0.3) is 0 Å². The van der Waals surface area contributed by atoms with Crippen molar-refractivity contribution in [1.82, 2.24) is 9.97 Å². The molecule has 1 aliphatic rings. The molecule has 1 fully saturated rings. The highest BCUT2D eigenvalue weighted by Crippen LogP contribution is 2.34. The number of hydrogen-bond donors (Lipinski definition) is 1. The number of nitrogens with one attached hydrogen (secondary N) is 1. The van der Waals surface area contributed by atoms with E-state index in [1.807, 2.05) is 0 Å². The summed E-state index contributed by atoms with van der Waals surface area (Å²) in [5.74, 6) is 2.47. The molecule has 0 spiro atoms. The predicted molar refractivity (Wildman–Crippen MR) is 78.0 cm³/mol. The van der Waals surface area contributed by atoms with Crippen LogP contribution in [0.2, 0.25) is 0 Å². The first-order valence-corrected chi connectivity index (χ1v) is 7.17. The second-order valence-corrected chi connectivity index (χ2v) is 5.00. The van der Waals surface area contributed by atoms with Crippen LogP contribution >= 0.6 is 0 Å². The third-order valence-corrected chi connectivity index (χ3v) is 3.66. The Morgan fingerprint density at radius 2 is 2.21 bits per heavy atom. The van der Waals surface area contributed by atoms with Crippen molar-refractivity contribution >= 4 is 11.6 Å². The lowest BCUT2D eigenvalue weighted by Gasteiger charge is -2.29. The van der Waals surface area contributed by atoms with Crippen LogP contribution in [0.15, 0.2) is 6.33 Å². The van der Waals surface area contributed by atoms with Gasteiger partial charge in [-0.1, -0.05) is 12.8 Å². The van der Waals surface area contributed by atoms with E-state index < -0.39 is 0 Å². The van der Waals surface area contributed by atoms with Gasteiger partial charge >= 0.3 is 0 Å². The molecule has 1 atom stereocenters. The molecule has 1 aromatic rings. The van der Waals surface area contributed by atoms with Crippen LogP contribution in [0.25, 0.3) is 0 Å². The Labute approximate surface area is 115 Å². The zero-order valence-corrected chi connectivity index (χ0v) is 12.1. The largest absolute Gasteiger partial charge is 0.490 e. The van der Waals surface area contributed by atoms with E-state index in [1.54, 1.807) is 13.4 Å². The van der Waals surface area contributed by atoms with Crippen LogP contribution < -0.4 is 15.0 Å². The second-order valence-electron chi connectivity index (χ2n) is 5.00. The first-order valence-electron chi connectivity index (χ1n) is 7.17. The van der Waals surface area contributed by atoms with Gasteiger partial charge in [0.15, 0.2) is 11.6 Å². The van der Waals surface area contributed by atoms with E-state index in [-0.39, 0.29) is 0 Å². The number of hydrogen-bond acceptors (Lipinski definition) is 5. The van der Waals surface area contributed by atoms with Gasteiger partial charge in [-0.3, -0.25) is 0 Å². The zero-order valence-electron chi connectivity index (χ0n) is 12.1. The second kappa shape index (κ2) is 6.59. The number of aromatic nitrogens is 2. The van der Waals surface area contributed by atoms with Crippen LogP contribution in [0.4, 0.5) is 11.6 Å². The molecule has 1 saturated heterocycles. The van der Waals surface area contributed by atoms with E-state index >= 15 is 0 Å². The molecule has 1 aliphatic heterocycles. The van der Waals surface area contributed by atoms with Gasteiger partial charge in [0.2, 0.25) is 5.75 Å². The summed E-state index contributed by atoms with van der Waals surface area (Å²) in [5.41, 5.74) is 0. The molecule has 106 valence electrons. The first kappa shape index (κ1) is 13.9. The van der Waals surface area contributed by atoms with Gasteiger partial charge in [-0.2, -0.15) is 0 Å². The Kier molecular flexibility index (Phi) is 4.82. The van der Waals surface area contributed by atoms with Crippen molar-refractivity contribution in [2.45, 2.75) is 45.6 Å². The van der Waals surface area contributed by atoms with Crippen molar-refractivity contribution < 1.29 is 4.74 Å². The molecule has 19 heavy (non-hydrogen) atoms. The van der Waals surface area contributed by atoms with Crippen molar-refractivity contribution in [3.05, 3.63) is 6.33 Å². The molecular weight excluding hydrogens is 240 g/mol. The van der Waals surface area contributed by atoms with Gasteiger partial charge in [0.1, 0.15) is 6.33 Å². The molecule has 2 rings (SSSR count). The summed E-state index contributed by atoms with van der Waals surface area (Å²) in [6.07, 6.45) is 6.64. The average Bonchev–Trinajstić information content (AvgIpc) is 2.63. The minimum atomic E-state index is 0.501. The van der Waals surface area contributed by atoms with Crippen molar-refractivity contribution in [2.75, 3.05) is 30.4 Å². The molecular formula is C14H24N4O. The molecule has 1 unspecified atom stereocenters. The number of nitrogens with zero attached hydrogens (tertiary/aromatic N) is 3. The zero-order chi connectivity index (χ0) is 13.7. The fourth-order valence-electron chi connectivity index (χ4n) is 2.64. The quantitative estimate of drug-likeness (QED) is 0.906. The molecule has 0 bridgehead atoms. The fourth-order valence-corrected chi connectivity index (χ4v) is 2.64. The van der Waals surface area contributed by atoms with E-state index in [1.165, 1.54) is 25.7 Å². The number of methoxy groups -OCH3 is 1. The smallest absolute Gasteiger partial charge is 0.204 e. The van der Waals surface area contributed by atoms with E-state index in [0.29, 0.717) is 6.04 Å². The molecule has 0 aliphatic carbocycles. The van der Waals surface area contributed by atoms with Gasteiger partial charge in [-0.05, 0) is 26.7 Å². The molecule has 0 radical (unpaired) electrons. The maximum absolute atomic E-state index is 5.54. The Balaban J connectivity index is 2.33. The maximum Gasteiger partial charge on any atom is 0.204 e. The van der Waals surface area contributed by atoms with Crippen LogP contribution in [-0.4, -0.2) is 36.2 Å². The normalized spacial score (nSPS) is 19.9. The van der Waals surface area contributed by atoms with E-state index in [2.05, 4.69) is 34.0 Å². The van der Waals surface area contributed by atoms with Crippen LogP contribution in [0, 0.1) is 0 Å². The minimum Gasteiger partial charge on any atom is -0.490 e. The van der Waals surface area contributed by atoms with Gasteiger partial charge in [-0.15, -0.1) is 0 Å². The average molecular weight is 264 g/mol. The standard InChI is InChI=1S/C14H24N4O/c1-4-15-13-12(19-3)14(17-10-16-13)18-9-7-5-6-8-11(18)2/h10-11H,4-9H2,1-3H3,(H,15,16,17). The molecule has 0 saturated carbocycles. The lowest BCUT2D eigenvalue weighted by atomic mass is 10.1. The monoisotopic (exact) mass is 264 g/mol. The van der Waals surface area contributed by atoms with Gasteiger partial charge < -0.3 is 15.0 Å². The van der Waals surface area contributed by atoms with Crippen molar-refractivity contribution in [1.29, 1.82) is 0 Å². The topological polar surface area (TPSA) is 50.3 Å².